The Bertz CT molecular complexity index is 943. The van der Waals surface area contributed by atoms with Gasteiger partial charge in [0.15, 0.2) is 9.84 Å². The molecule has 2 aromatic carbocycles. The summed E-state index contributed by atoms with van der Waals surface area (Å²) in [7, 11) is -3.08. The molecule has 1 N–H and O–H groups in total. The van der Waals surface area contributed by atoms with Crippen LogP contribution in [0.4, 0.5) is 0 Å². The minimum Gasteiger partial charge on any atom is -0.348 e. The van der Waals surface area contributed by atoms with Gasteiger partial charge in [-0.3, -0.25) is 9.69 Å². The summed E-state index contributed by atoms with van der Waals surface area (Å²) in [6.45, 7) is 8.40. The Kier molecular flexibility index (Phi) is 7.32. The fourth-order valence-corrected chi connectivity index (χ4v) is 5.08. The maximum Gasteiger partial charge on any atom is 0.251 e. The molecule has 0 spiro atoms. The van der Waals surface area contributed by atoms with Gasteiger partial charge >= 0.3 is 0 Å². The Balaban J connectivity index is 1.50. The van der Waals surface area contributed by atoms with Gasteiger partial charge in [0.05, 0.1) is 5.75 Å². The molecule has 1 amide bonds. The molecule has 0 aromatic heterocycles. The Morgan fingerprint density at radius 2 is 1.47 bits per heavy atom. The highest BCUT2D eigenvalue weighted by atomic mass is 32.2. The summed E-state index contributed by atoms with van der Waals surface area (Å²) in [5, 5.41) is 2.93. The Labute approximate surface area is 180 Å². The summed E-state index contributed by atoms with van der Waals surface area (Å²) in [6, 6.07) is 15.1. The van der Waals surface area contributed by atoms with Gasteiger partial charge in [0.1, 0.15) is 0 Å². The lowest BCUT2D eigenvalue weighted by Gasteiger charge is -2.35. The van der Waals surface area contributed by atoms with Crippen LogP contribution in [0, 0.1) is 11.8 Å². The van der Waals surface area contributed by atoms with Crippen LogP contribution >= 0.6 is 0 Å². The molecule has 0 bridgehead atoms. The number of carbonyl (C=O) groups is 1. The van der Waals surface area contributed by atoms with Crippen LogP contribution in [0.25, 0.3) is 0 Å². The molecule has 162 valence electrons. The van der Waals surface area contributed by atoms with Crippen LogP contribution in [0.1, 0.15) is 47.3 Å². The Hall–Kier alpha value is -2.18. The van der Waals surface area contributed by atoms with Gasteiger partial charge < -0.3 is 5.32 Å². The molecule has 2 atom stereocenters. The van der Waals surface area contributed by atoms with Crippen LogP contribution in [-0.4, -0.2) is 38.6 Å². The fraction of sp³-hybridized carbons (Fsp3) is 0.458. The zero-order chi connectivity index (χ0) is 21.7. The molecule has 1 heterocycles. The lowest BCUT2D eigenvalue weighted by molar-refractivity contribution is 0.0951. The summed E-state index contributed by atoms with van der Waals surface area (Å²) in [5.41, 5.74) is 3.56. The minimum atomic E-state index is -3.08. The van der Waals surface area contributed by atoms with E-state index in [1.807, 2.05) is 0 Å². The number of rotatable bonds is 7. The first-order chi connectivity index (χ1) is 14.2. The first-order valence-corrected chi connectivity index (χ1v) is 12.6. The highest BCUT2D eigenvalue weighted by molar-refractivity contribution is 7.89. The third-order valence-corrected chi connectivity index (χ3v) is 6.33. The molecule has 6 heteroatoms. The van der Waals surface area contributed by atoms with Crippen molar-refractivity contribution in [2.24, 2.45) is 11.8 Å². The highest BCUT2D eigenvalue weighted by Gasteiger charge is 2.21. The van der Waals surface area contributed by atoms with Gasteiger partial charge in [0.25, 0.3) is 5.91 Å². The van der Waals surface area contributed by atoms with Crippen LogP contribution in [0.3, 0.4) is 0 Å². The molecular formula is C24H32N2O3S. The second-order valence-electron chi connectivity index (χ2n) is 8.91. The Morgan fingerprint density at radius 1 is 0.933 bits per heavy atom. The molecule has 5 nitrogen and oxygen atoms in total. The second-order valence-corrected chi connectivity index (χ2v) is 11.0. The lowest BCUT2D eigenvalue weighted by Crippen LogP contribution is -2.38. The van der Waals surface area contributed by atoms with Crippen molar-refractivity contribution in [3.05, 3.63) is 70.8 Å². The first kappa shape index (κ1) is 22.5. The lowest BCUT2D eigenvalue weighted by atomic mass is 9.91. The number of likely N-dealkylation sites (tertiary alicyclic amines) is 1. The van der Waals surface area contributed by atoms with Crippen LogP contribution in [0.15, 0.2) is 48.5 Å². The van der Waals surface area contributed by atoms with Crippen molar-refractivity contribution in [2.75, 3.05) is 19.3 Å². The van der Waals surface area contributed by atoms with Gasteiger partial charge in [-0.15, -0.1) is 0 Å². The van der Waals surface area contributed by atoms with Crippen LogP contribution in [-0.2, 0) is 28.7 Å². The molecule has 1 fully saturated rings. The van der Waals surface area contributed by atoms with Crippen molar-refractivity contribution in [3.63, 3.8) is 0 Å². The molecule has 2 aromatic rings. The number of amides is 1. The van der Waals surface area contributed by atoms with E-state index in [-0.39, 0.29) is 11.7 Å². The van der Waals surface area contributed by atoms with Crippen LogP contribution in [0.5, 0.6) is 0 Å². The van der Waals surface area contributed by atoms with E-state index < -0.39 is 9.84 Å². The van der Waals surface area contributed by atoms with Crippen molar-refractivity contribution in [2.45, 2.75) is 39.1 Å². The minimum absolute atomic E-state index is 0.0174. The van der Waals surface area contributed by atoms with Gasteiger partial charge in [-0.2, -0.15) is 0 Å². The van der Waals surface area contributed by atoms with Crippen molar-refractivity contribution < 1.29 is 13.2 Å². The average molecular weight is 429 g/mol. The van der Waals surface area contributed by atoms with Crippen LogP contribution in [0.2, 0.25) is 0 Å². The van der Waals surface area contributed by atoms with E-state index in [1.54, 1.807) is 24.3 Å². The third kappa shape index (κ3) is 6.96. The number of piperidine rings is 1. The monoisotopic (exact) mass is 428 g/mol. The molecule has 0 radical (unpaired) electrons. The number of hydrogen-bond acceptors (Lipinski definition) is 4. The van der Waals surface area contributed by atoms with Gasteiger partial charge in [-0.25, -0.2) is 8.42 Å². The number of nitrogens with zero attached hydrogens (tertiary/aromatic N) is 1. The van der Waals surface area contributed by atoms with E-state index in [0.717, 1.165) is 37.0 Å². The molecule has 1 aliphatic rings. The SMILES string of the molecule is C[C@@H]1C[C@H](C)CN(Cc2ccc(CNC(=O)c3ccc(CS(C)(=O)=O)cc3)cc2)C1. The maximum absolute atomic E-state index is 12.4. The number of nitrogens with one attached hydrogen (secondary N) is 1. The molecule has 0 unspecified atom stereocenters. The summed E-state index contributed by atoms with van der Waals surface area (Å²) in [5.74, 6) is 1.32. The second kappa shape index (κ2) is 9.75. The Morgan fingerprint density at radius 3 is 2.03 bits per heavy atom. The molecule has 1 aliphatic heterocycles. The molecule has 0 saturated carbocycles. The summed E-state index contributed by atoms with van der Waals surface area (Å²) in [6.07, 6.45) is 2.52. The molecule has 30 heavy (non-hydrogen) atoms. The standard InChI is InChI=1S/C24H32N2O3S/c1-18-12-19(2)15-26(14-18)16-21-6-4-20(5-7-21)13-25-24(27)23-10-8-22(9-11-23)17-30(3,28)29/h4-11,18-19H,12-17H2,1-3H3,(H,25,27)/t18-,19+. The number of benzene rings is 2. The van der Waals surface area contributed by atoms with Gasteiger partial charge in [0, 0.05) is 38.0 Å². The summed E-state index contributed by atoms with van der Waals surface area (Å²) in [4.78, 5) is 14.9. The van der Waals surface area contributed by atoms with Gasteiger partial charge in [-0.1, -0.05) is 50.2 Å². The smallest absolute Gasteiger partial charge is 0.251 e. The van der Waals surface area contributed by atoms with Crippen molar-refractivity contribution in [1.29, 1.82) is 0 Å². The average Bonchev–Trinajstić information content (AvgIpc) is 2.66. The number of carbonyl (C=O) groups excluding carboxylic acids is 1. The topological polar surface area (TPSA) is 66.5 Å². The quantitative estimate of drug-likeness (QED) is 0.731. The third-order valence-electron chi connectivity index (χ3n) is 5.47. The van der Waals surface area contributed by atoms with Gasteiger partial charge in [-0.05, 0) is 47.1 Å². The predicted octanol–water partition coefficient (Wildman–Crippen LogP) is 3.64. The predicted molar refractivity (Wildman–Crippen MR) is 121 cm³/mol. The zero-order valence-electron chi connectivity index (χ0n) is 18.1. The molecule has 0 aliphatic carbocycles. The normalized spacial score (nSPS) is 20.1. The van der Waals surface area contributed by atoms with E-state index in [9.17, 15) is 13.2 Å². The van der Waals surface area contributed by atoms with Crippen LogP contribution < -0.4 is 5.32 Å². The molecular weight excluding hydrogens is 396 g/mol. The van der Waals surface area contributed by atoms with E-state index in [4.69, 9.17) is 0 Å². The van der Waals surface area contributed by atoms with Crippen molar-refractivity contribution >= 4 is 15.7 Å². The maximum atomic E-state index is 12.4. The van der Waals surface area contributed by atoms with E-state index in [1.165, 1.54) is 18.2 Å². The largest absolute Gasteiger partial charge is 0.348 e. The number of hydrogen-bond donors (Lipinski definition) is 1. The first-order valence-electron chi connectivity index (χ1n) is 10.5. The molecule has 3 rings (SSSR count). The molecule has 1 saturated heterocycles. The summed E-state index contributed by atoms with van der Waals surface area (Å²) >= 11 is 0. The van der Waals surface area contributed by atoms with E-state index in [0.29, 0.717) is 17.7 Å². The summed E-state index contributed by atoms with van der Waals surface area (Å²) < 4.78 is 22.7. The fourth-order valence-electron chi connectivity index (χ4n) is 4.28. The van der Waals surface area contributed by atoms with Crippen molar-refractivity contribution in [1.82, 2.24) is 10.2 Å². The van der Waals surface area contributed by atoms with E-state index in [2.05, 4.69) is 48.3 Å². The van der Waals surface area contributed by atoms with E-state index >= 15 is 0 Å². The van der Waals surface area contributed by atoms with Gasteiger partial charge in [0.2, 0.25) is 0 Å². The van der Waals surface area contributed by atoms with Crippen molar-refractivity contribution in [3.8, 4) is 0 Å². The number of sulfone groups is 1. The zero-order valence-corrected chi connectivity index (χ0v) is 18.9. The highest BCUT2D eigenvalue weighted by Crippen LogP contribution is 2.22.